The van der Waals surface area contributed by atoms with Crippen LogP contribution in [0.5, 0.6) is 11.5 Å². The van der Waals surface area contributed by atoms with E-state index in [4.69, 9.17) is 18.9 Å². The molecule has 0 aliphatic carbocycles. The highest BCUT2D eigenvalue weighted by Gasteiger charge is 2.25. The molecule has 6 aromatic carbocycles. The Bertz CT molecular complexity index is 3760. The Morgan fingerprint density at radius 1 is 0.652 bits per heavy atom. The standard InChI is InChI=1S/C41H49FN4O5.C32H34FN3O2/c1-7-33(29-14-9-8-10-15-29)38(31-20-23-35-34(28-31)39(42)43-46(35)37-17-11-12-26-50-37)30-18-21-32(22-19-30)49-27-25-45(40(48)51-41(2,3)4)24-13-16-36(47)44(5)6;1-4-27(23-12-8-7-9-13-23)31(25-17-20-29-28(22-25)32(33)35-34-29)24-15-18-26(19-16-24)38-21-11-6-5-10-14-30(37)36(2)3/h8-10,13-16,18-23,28,37H,7,11-12,17,24-27H2,1-6H3;7-10,12-20,22H,4-6,11,21H2,1-3H3,(H,34,35)/b16-13+,38-33+;14-10+,31-27+. The molecule has 16 heteroatoms. The van der Waals surface area contributed by atoms with E-state index in [0.717, 1.165) is 107 Å². The molecule has 1 fully saturated rings. The van der Waals surface area contributed by atoms with Crippen LogP contribution in [0, 0.1) is 11.9 Å². The van der Waals surface area contributed by atoms with Crippen molar-refractivity contribution in [1.82, 2.24) is 34.7 Å². The van der Waals surface area contributed by atoms with Gasteiger partial charge in [-0.15, -0.1) is 5.10 Å². The summed E-state index contributed by atoms with van der Waals surface area (Å²) in [4.78, 5) is 41.1. The first-order chi connectivity index (χ1) is 42.9. The van der Waals surface area contributed by atoms with Crippen LogP contribution in [0.1, 0.15) is 126 Å². The summed E-state index contributed by atoms with van der Waals surface area (Å²) in [5.74, 6) is 0.332. The molecule has 466 valence electrons. The molecule has 1 saturated heterocycles. The molecule has 2 aromatic heterocycles. The van der Waals surface area contributed by atoms with E-state index in [-0.39, 0.29) is 37.7 Å². The monoisotopic (exact) mass is 1210 g/mol. The number of aromatic nitrogens is 4. The number of hydrogen-bond donors (Lipinski definition) is 1. The van der Waals surface area contributed by atoms with Gasteiger partial charge in [0.25, 0.3) is 0 Å². The molecule has 1 aliphatic rings. The first kappa shape index (κ1) is 65.8. The normalized spacial score (nSPS) is 14.0. The summed E-state index contributed by atoms with van der Waals surface area (Å²) >= 11 is 0. The second kappa shape index (κ2) is 31.7. The van der Waals surface area contributed by atoms with Crippen LogP contribution in [0.15, 0.2) is 170 Å². The third kappa shape index (κ3) is 18.0. The largest absolute Gasteiger partial charge is 0.494 e. The van der Waals surface area contributed by atoms with Crippen molar-refractivity contribution in [2.75, 3.05) is 61.1 Å². The van der Waals surface area contributed by atoms with Gasteiger partial charge in [-0.3, -0.25) is 14.7 Å². The number of hydrogen-bond acceptors (Lipinski definition) is 9. The van der Waals surface area contributed by atoms with Crippen LogP contribution in [-0.4, -0.2) is 119 Å². The van der Waals surface area contributed by atoms with Crippen LogP contribution in [0.3, 0.4) is 0 Å². The van der Waals surface area contributed by atoms with Gasteiger partial charge in [0.05, 0.1) is 35.0 Å². The number of nitrogens with one attached hydrogen (secondary N) is 1. The summed E-state index contributed by atoms with van der Waals surface area (Å²) in [5, 5.41) is 11.7. The number of allylic oxidation sites excluding steroid dienone is 3. The van der Waals surface area contributed by atoms with E-state index in [0.29, 0.717) is 40.8 Å². The molecule has 0 bridgehead atoms. The number of unbranched alkanes of at least 4 members (excludes halogenated alkanes) is 2. The quantitative estimate of drug-likeness (QED) is 0.0376. The van der Waals surface area contributed by atoms with Gasteiger partial charge in [-0.25, -0.2) is 9.48 Å². The van der Waals surface area contributed by atoms with Crippen molar-refractivity contribution < 1.29 is 42.1 Å². The van der Waals surface area contributed by atoms with Crippen LogP contribution in [0.25, 0.3) is 44.1 Å². The van der Waals surface area contributed by atoms with Gasteiger partial charge in [-0.05, 0) is 182 Å². The van der Waals surface area contributed by atoms with Crippen molar-refractivity contribution in [2.24, 2.45) is 0 Å². The van der Waals surface area contributed by atoms with Gasteiger partial charge in [0.2, 0.25) is 23.7 Å². The first-order valence-corrected chi connectivity index (χ1v) is 30.6. The van der Waals surface area contributed by atoms with Gasteiger partial charge in [-0.2, -0.15) is 13.9 Å². The van der Waals surface area contributed by atoms with E-state index in [9.17, 15) is 18.8 Å². The van der Waals surface area contributed by atoms with Crippen LogP contribution < -0.4 is 9.47 Å². The number of nitrogens with zero attached hydrogens (tertiary/aromatic N) is 6. The lowest BCUT2D eigenvalue weighted by Gasteiger charge is -2.26. The third-order valence-electron chi connectivity index (χ3n) is 15.1. The zero-order chi connectivity index (χ0) is 63.5. The molecule has 1 atom stereocenters. The Hall–Kier alpha value is -9.15. The minimum atomic E-state index is -0.669. The number of ether oxygens (including phenoxy) is 4. The Kier molecular flexibility index (Phi) is 23.4. The molecule has 14 nitrogen and oxygen atoms in total. The second-order valence-corrected chi connectivity index (χ2v) is 23.1. The zero-order valence-corrected chi connectivity index (χ0v) is 52.7. The van der Waals surface area contributed by atoms with Gasteiger partial charge in [0, 0.05) is 47.4 Å². The van der Waals surface area contributed by atoms with Gasteiger partial charge >= 0.3 is 6.09 Å². The fourth-order valence-corrected chi connectivity index (χ4v) is 10.5. The molecular weight excluding hydrogens is 1120 g/mol. The summed E-state index contributed by atoms with van der Waals surface area (Å²) in [7, 11) is 6.82. The summed E-state index contributed by atoms with van der Waals surface area (Å²) in [6.45, 7) is 11.6. The van der Waals surface area contributed by atoms with Crippen LogP contribution in [0.4, 0.5) is 13.6 Å². The Balaban J connectivity index is 0.000000240. The number of rotatable bonds is 23. The molecule has 8 aromatic rings. The average Bonchev–Trinajstić information content (AvgIpc) is 1.86. The van der Waals surface area contributed by atoms with Crippen LogP contribution in [0.2, 0.25) is 0 Å². The fourth-order valence-electron chi connectivity index (χ4n) is 10.5. The summed E-state index contributed by atoms with van der Waals surface area (Å²) in [6, 6.07) is 48.0. The maximum absolute atomic E-state index is 15.4. The molecule has 3 amide bonds. The van der Waals surface area contributed by atoms with E-state index >= 15 is 4.39 Å². The van der Waals surface area contributed by atoms with Gasteiger partial charge in [-0.1, -0.05) is 123 Å². The van der Waals surface area contributed by atoms with E-state index < -0.39 is 23.6 Å². The molecule has 1 N–H and O–H groups in total. The van der Waals surface area contributed by atoms with Crippen molar-refractivity contribution >= 4 is 62.0 Å². The van der Waals surface area contributed by atoms with Crippen LogP contribution >= 0.6 is 0 Å². The lowest BCUT2D eigenvalue weighted by Crippen LogP contribution is -2.39. The van der Waals surface area contributed by atoms with E-state index in [1.54, 1.807) is 49.9 Å². The lowest BCUT2D eigenvalue weighted by molar-refractivity contribution is -0.124. The third-order valence-corrected chi connectivity index (χ3v) is 15.1. The molecule has 1 unspecified atom stereocenters. The minimum absolute atomic E-state index is 0.00285. The first-order valence-electron chi connectivity index (χ1n) is 30.6. The molecule has 0 saturated carbocycles. The average molecular weight is 1210 g/mol. The fraction of sp³-hybridized carbons (Fsp3) is 0.329. The molecule has 0 spiro atoms. The Labute approximate surface area is 522 Å². The number of carbonyl (C=O) groups is 3. The molecular formula is C73H83F2N7O7. The highest BCUT2D eigenvalue weighted by molar-refractivity contribution is 6.02. The van der Waals surface area contributed by atoms with Crippen molar-refractivity contribution in [1.29, 1.82) is 0 Å². The number of H-pyrrole nitrogens is 1. The Morgan fingerprint density at radius 2 is 1.19 bits per heavy atom. The molecule has 0 radical (unpaired) electrons. The number of halogens is 2. The van der Waals surface area contributed by atoms with E-state index in [1.807, 2.05) is 136 Å². The van der Waals surface area contributed by atoms with E-state index in [2.05, 4.69) is 65.5 Å². The van der Waals surface area contributed by atoms with Gasteiger partial charge in [0.15, 0.2) is 6.23 Å². The van der Waals surface area contributed by atoms with Gasteiger partial charge < -0.3 is 33.6 Å². The molecule has 1 aliphatic heterocycles. The summed E-state index contributed by atoms with van der Waals surface area (Å²) in [6.07, 6.45) is 12.9. The summed E-state index contributed by atoms with van der Waals surface area (Å²) in [5.41, 5.74) is 11.1. The highest BCUT2D eigenvalue weighted by atomic mass is 19.1. The topological polar surface area (TPSA) is 144 Å². The highest BCUT2D eigenvalue weighted by Crippen LogP contribution is 2.39. The van der Waals surface area contributed by atoms with Gasteiger partial charge in [0.1, 0.15) is 23.7 Å². The number of fused-ring (bicyclic) bond motifs is 2. The van der Waals surface area contributed by atoms with Crippen LogP contribution in [-0.2, 0) is 19.1 Å². The number of likely N-dealkylation sites (N-methyl/N-ethyl adjacent to an activating group) is 2. The van der Waals surface area contributed by atoms with Crippen molar-refractivity contribution in [3.8, 4) is 11.5 Å². The SMILES string of the molecule is CC/C(=C(/c1ccc(OCCCC/C=C/C(=O)N(C)C)cc1)c1ccc2n[nH]c(F)c2c1)c1ccccc1.CC/C(=C(/c1ccc(OCCN(C/C=C/C(=O)N(C)C)C(=O)OC(C)(C)C)cc1)c1ccc2c(c1)c(F)nn2C1CCCCO1)c1ccccc1. The van der Waals surface area contributed by atoms with Crippen molar-refractivity contribution in [2.45, 2.75) is 97.8 Å². The zero-order valence-electron chi connectivity index (χ0n) is 52.7. The van der Waals surface area contributed by atoms with Crippen molar-refractivity contribution in [3.63, 3.8) is 0 Å². The molecule has 89 heavy (non-hydrogen) atoms. The van der Waals surface area contributed by atoms with E-state index in [1.165, 1.54) is 21.4 Å². The predicted molar refractivity (Wildman–Crippen MR) is 351 cm³/mol. The number of benzene rings is 6. The maximum Gasteiger partial charge on any atom is 0.410 e. The smallest absolute Gasteiger partial charge is 0.410 e. The molecule has 9 rings (SSSR count). The minimum Gasteiger partial charge on any atom is -0.494 e. The maximum atomic E-state index is 15.4. The Morgan fingerprint density at radius 3 is 1.73 bits per heavy atom. The number of aromatic amines is 1. The molecule has 3 heterocycles. The predicted octanol–water partition coefficient (Wildman–Crippen LogP) is 15.8. The summed E-state index contributed by atoms with van der Waals surface area (Å²) < 4.78 is 55.1. The number of carbonyl (C=O) groups excluding carboxylic acids is 3. The second-order valence-electron chi connectivity index (χ2n) is 23.1. The van der Waals surface area contributed by atoms with Crippen molar-refractivity contribution in [3.05, 3.63) is 215 Å². The number of amides is 3. The lowest BCUT2D eigenvalue weighted by atomic mass is 9.88.